The van der Waals surface area contributed by atoms with E-state index in [4.69, 9.17) is 0 Å². The second-order valence-corrected chi connectivity index (χ2v) is 4.59. The summed E-state index contributed by atoms with van der Waals surface area (Å²) >= 11 is 0. The van der Waals surface area contributed by atoms with Gasteiger partial charge in [-0.15, -0.1) is 10.2 Å². The number of hydrogen-bond donors (Lipinski definition) is 1. The van der Waals surface area contributed by atoms with Crippen LogP contribution >= 0.6 is 0 Å². The van der Waals surface area contributed by atoms with Crippen molar-refractivity contribution in [1.82, 2.24) is 14.6 Å². The number of aromatic hydroxyl groups is 1. The molecule has 0 atom stereocenters. The normalized spacial score (nSPS) is 10.7. The van der Waals surface area contributed by atoms with Crippen LogP contribution in [0, 0.1) is 0 Å². The first-order valence-electron chi connectivity index (χ1n) is 6.37. The molecule has 2 heterocycles. The minimum absolute atomic E-state index is 0.229. The molecule has 2 aromatic heterocycles. The number of nitrogens with zero attached hydrogens (tertiary/aromatic N) is 3. The molecule has 1 N–H and O–H groups in total. The Hall–Kier alpha value is -2.89. The Morgan fingerprint density at radius 1 is 1.24 bits per heavy atom. The SMILES string of the molecule is COC(=O)c1ccn2c(Cc3ccc(O)cc3)nnc2c1. The van der Waals surface area contributed by atoms with Crippen molar-refractivity contribution in [2.45, 2.75) is 6.42 Å². The van der Waals surface area contributed by atoms with Crippen LogP contribution in [0.15, 0.2) is 42.6 Å². The average Bonchev–Trinajstić information content (AvgIpc) is 2.91. The predicted octanol–water partition coefficient (Wildman–Crippen LogP) is 1.81. The van der Waals surface area contributed by atoms with E-state index in [0.29, 0.717) is 17.6 Å². The number of pyridine rings is 1. The van der Waals surface area contributed by atoms with E-state index in [1.54, 1.807) is 30.5 Å². The molecule has 0 amide bonds. The number of fused-ring (bicyclic) bond motifs is 1. The Bertz CT molecular complexity index is 794. The fraction of sp³-hybridized carbons (Fsp3) is 0.133. The first-order chi connectivity index (χ1) is 10.2. The second kappa shape index (κ2) is 5.24. The summed E-state index contributed by atoms with van der Waals surface area (Å²) in [6.45, 7) is 0. The lowest BCUT2D eigenvalue weighted by molar-refractivity contribution is 0.0600. The number of benzene rings is 1. The standard InChI is InChI=1S/C15H13N3O3/c1-21-15(20)11-6-7-18-13(16-17-14(18)9-11)8-10-2-4-12(19)5-3-10/h2-7,9,19H,8H2,1H3. The fourth-order valence-corrected chi connectivity index (χ4v) is 2.10. The third-order valence-electron chi connectivity index (χ3n) is 3.20. The van der Waals surface area contributed by atoms with E-state index < -0.39 is 5.97 Å². The van der Waals surface area contributed by atoms with Crippen LogP contribution in [0.5, 0.6) is 5.75 Å². The molecule has 21 heavy (non-hydrogen) atoms. The van der Waals surface area contributed by atoms with Gasteiger partial charge in [0, 0.05) is 12.6 Å². The van der Waals surface area contributed by atoms with E-state index >= 15 is 0 Å². The van der Waals surface area contributed by atoms with Gasteiger partial charge in [0.05, 0.1) is 12.7 Å². The zero-order valence-corrected chi connectivity index (χ0v) is 11.4. The molecule has 6 nitrogen and oxygen atoms in total. The van der Waals surface area contributed by atoms with Crippen LogP contribution in [0.4, 0.5) is 0 Å². The lowest BCUT2D eigenvalue weighted by atomic mass is 10.1. The van der Waals surface area contributed by atoms with Crippen molar-refractivity contribution in [3.8, 4) is 5.75 Å². The molecule has 0 saturated carbocycles. The number of carbonyl (C=O) groups excluding carboxylic acids is 1. The summed E-state index contributed by atoms with van der Waals surface area (Å²) < 4.78 is 6.50. The van der Waals surface area contributed by atoms with Crippen molar-refractivity contribution in [3.63, 3.8) is 0 Å². The molecule has 6 heteroatoms. The Kier molecular flexibility index (Phi) is 3.27. The predicted molar refractivity (Wildman–Crippen MR) is 75.2 cm³/mol. The molecule has 0 bridgehead atoms. The van der Waals surface area contributed by atoms with E-state index in [9.17, 15) is 9.90 Å². The van der Waals surface area contributed by atoms with E-state index in [2.05, 4.69) is 14.9 Å². The number of esters is 1. The monoisotopic (exact) mass is 283 g/mol. The highest BCUT2D eigenvalue weighted by molar-refractivity contribution is 5.90. The quantitative estimate of drug-likeness (QED) is 0.742. The molecule has 0 aliphatic heterocycles. The van der Waals surface area contributed by atoms with Gasteiger partial charge in [-0.25, -0.2) is 4.79 Å². The van der Waals surface area contributed by atoms with Gasteiger partial charge >= 0.3 is 5.97 Å². The van der Waals surface area contributed by atoms with Gasteiger partial charge < -0.3 is 9.84 Å². The molecule has 106 valence electrons. The fourth-order valence-electron chi connectivity index (χ4n) is 2.10. The van der Waals surface area contributed by atoms with E-state index in [1.165, 1.54) is 7.11 Å². The van der Waals surface area contributed by atoms with Gasteiger partial charge in [0.15, 0.2) is 5.65 Å². The van der Waals surface area contributed by atoms with E-state index in [1.807, 2.05) is 16.5 Å². The molecule has 3 rings (SSSR count). The Labute approximate surface area is 120 Å². The number of ether oxygens (including phenoxy) is 1. The Balaban J connectivity index is 1.93. The summed E-state index contributed by atoms with van der Waals surface area (Å²) in [6.07, 6.45) is 2.33. The molecular weight excluding hydrogens is 270 g/mol. The average molecular weight is 283 g/mol. The minimum Gasteiger partial charge on any atom is -0.508 e. The van der Waals surface area contributed by atoms with Crippen molar-refractivity contribution in [3.05, 3.63) is 59.5 Å². The van der Waals surface area contributed by atoms with Crippen LogP contribution in [0.2, 0.25) is 0 Å². The summed E-state index contributed by atoms with van der Waals surface area (Å²) in [5.41, 5.74) is 2.04. The molecule has 0 saturated heterocycles. The maximum absolute atomic E-state index is 11.5. The zero-order chi connectivity index (χ0) is 14.8. The lowest BCUT2D eigenvalue weighted by Crippen LogP contribution is -2.03. The van der Waals surface area contributed by atoms with Crippen LogP contribution < -0.4 is 0 Å². The van der Waals surface area contributed by atoms with E-state index in [-0.39, 0.29) is 5.75 Å². The van der Waals surface area contributed by atoms with Gasteiger partial charge in [-0.3, -0.25) is 4.40 Å². The number of phenols is 1. The van der Waals surface area contributed by atoms with Gasteiger partial charge in [-0.2, -0.15) is 0 Å². The summed E-state index contributed by atoms with van der Waals surface area (Å²) in [6, 6.07) is 10.2. The number of rotatable bonds is 3. The van der Waals surface area contributed by atoms with Gasteiger partial charge in [0.1, 0.15) is 11.6 Å². The zero-order valence-electron chi connectivity index (χ0n) is 11.4. The van der Waals surface area contributed by atoms with Crippen molar-refractivity contribution >= 4 is 11.6 Å². The molecule has 0 spiro atoms. The molecule has 0 aliphatic carbocycles. The van der Waals surface area contributed by atoms with Gasteiger partial charge in [-0.1, -0.05) is 12.1 Å². The molecule has 0 radical (unpaired) electrons. The van der Waals surface area contributed by atoms with Crippen LogP contribution in [0.25, 0.3) is 5.65 Å². The van der Waals surface area contributed by atoms with Crippen molar-refractivity contribution in [1.29, 1.82) is 0 Å². The number of phenolic OH excluding ortho intramolecular Hbond substituents is 1. The highest BCUT2D eigenvalue weighted by Gasteiger charge is 2.10. The highest BCUT2D eigenvalue weighted by atomic mass is 16.5. The first kappa shape index (κ1) is 13.1. The van der Waals surface area contributed by atoms with Gasteiger partial charge in [-0.05, 0) is 29.8 Å². The van der Waals surface area contributed by atoms with Crippen LogP contribution in [0.1, 0.15) is 21.7 Å². The summed E-state index contributed by atoms with van der Waals surface area (Å²) in [4.78, 5) is 11.5. The van der Waals surface area contributed by atoms with Crippen molar-refractivity contribution in [2.75, 3.05) is 7.11 Å². The number of carbonyl (C=O) groups is 1. The molecule has 0 aliphatic rings. The maximum Gasteiger partial charge on any atom is 0.338 e. The third kappa shape index (κ3) is 2.55. The molecule has 0 fully saturated rings. The largest absolute Gasteiger partial charge is 0.508 e. The highest BCUT2D eigenvalue weighted by Crippen LogP contribution is 2.14. The summed E-state index contributed by atoms with van der Waals surface area (Å²) in [5, 5.41) is 17.5. The number of aromatic nitrogens is 3. The van der Waals surface area contributed by atoms with Crippen LogP contribution in [-0.2, 0) is 11.2 Å². The van der Waals surface area contributed by atoms with Crippen molar-refractivity contribution < 1.29 is 14.6 Å². The second-order valence-electron chi connectivity index (χ2n) is 4.59. The Morgan fingerprint density at radius 3 is 2.71 bits per heavy atom. The van der Waals surface area contributed by atoms with Gasteiger partial charge in [0.2, 0.25) is 0 Å². The number of hydrogen-bond acceptors (Lipinski definition) is 5. The summed E-state index contributed by atoms with van der Waals surface area (Å²) in [7, 11) is 1.34. The number of methoxy groups -OCH3 is 1. The molecule has 3 aromatic rings. The van der Waals surface area contributed by atoms with Crippen LogP contribution in [-0.4, -0.2) is 32.8 Å². The molecule has 1 aromatic carbocycles. The minimum atomic E-state index is -0.402. The van der Waals surface area contributed by atoms with Gasteiger partial charge in [0.25, 0.3) is 0 Å². The Morgan fingerprint density at radius 2 is 2.00 bits per heavy atom. The first-order valence-corrected chi connectivity index (χ1v) is 6.37. The van der Waals surface area contributed by atoms with Crippen LogP contribution in [0.3, 0.4) is 0 Å². The smallest absolute Gasteiger partial charge is 0.338 e. The van der Waals surface area contributed by atoms with Crippen molar-refractivity contribution in [2.24, 2.45) is 0 Å². The topological polar surface area (TPSA) is 76.7 Å². The maximum atomic E-state index is 11.5. The molecule has 0 unspecified atom stereocenters. The third-order valence-corrected chi connectivity index (χ3v) is 3.20. The van der Waals surface area contributed by atoms with E-state index in [0.717, 1.165) is 11.4 Å². The summed E-state index contributed by atoms with van der Waals surface area (Å²) in [5.74, 6) is 0.584. The lowest BCUT2D eigenvalue weighted by Gasteiger charge is -2.02. The molecular formula is C15H13N3O3.